The van der Waals surface area contributed by atoms with Gasteiger partial charge < -0.3 is 10.0 Å². The van der Waals surface area contributed by atoms with Crippen molar-refractivity contribution in [3.63, 3.8) is 0 Å². The van der Waals surface area contributed by atoms with Gasteiger partial charge in [0.05, 0.1) is 0 Å². The summed E-state index contributed by atoms with van der Waals surface area (Å²) in [6.07, 6.45) is 3.99. The molecule has 0 saturated carbocycles. The molecule has 0 aliphatic heterocycles. The molecule has 1 aliphatic rings. The Hall–Kier alpha value is -0.0626. The van der Waals surface area contributed by atoms with E-state index >= 15 is 0 Å². The van der Waals surface area contributed by atoms with E-state index in [0.29, 0.717) is 5.76 Å². The van der Waals surface area contributed by atoms with Gasteiger partial charge in [0.2, 0.25) is 0 Å². The molecular formula is C8H14LiNO. The zero-order valence-corrected chi connectivity index (χ0v) is 7.68. The molecule has 3 heteroatoms. The van der Waals surface area contributed by atoms with Crippen LogP contribution in [0.2, 0.25) is 0 Å². The van der Waals surface area contributed by atoms with Crippen molar-refractivity contribution in [2.45, 2.75) is 25.7 Å². The van der Waals surface area contributed by atoms with Crippen molar-refractivity contribution in [1.82, 2.24) is 4.90 Å². The molecule has 1 aliphatic carbocycles. The van der Waals surface area contributed by atoms with Gasteiger partial charge in [-0.1, -0.05) is 0 Å². The van der Waals surface area contributed by atoms with Gasteiger partial charge in [0.25, 0.3) is 0 Å². The van der Waals surface area contributed by atoms with Crippen molar-refractivity contribution in [3.05, 3.63) is 11.5 Å². The Kier molecular flexibility index (Phi) is 4.72. The molecule has 0 N–H and O–H groups in total. The van der Waals surface area contributed by atoms with Gasteiger partial charge in [-0.15, -0.1) is 5.76 Å². The molecule has 0 aromatic rings. The van der Waals surface area contributed by atoms with Gasteiger partial charge in [-0.3, -0.25) is 0 Å². The fourth-order valence-electron chi connectivity index (χ4n) is 1.33. The first-order valence-corrected chi connectivity index (χ1v) is 3.78. The number of hydrogen-bond acceptors (Lipinski definition) is 2. The summed E-state index contributed by atoms with van der Waals surface area (Å²) in [6, 6.07) is 0. The van der Waals surface area contributed by atoms with Crippen molar-refractivity contribution in [2.75, 3.05) is 14.1 Å². The van der Waals surface area contributed by atoms with E-state index < -0.39 is 0 Å². The van der Waals surface area contributed by atoms with Crippen LogP contribution in [-0.2, 0) is 0 Å². The van der Waals surface area contributed by atoms with Gasteiger partial charge in [0.1, 0.15) is 0 Å². The van der Waals surface area contributed by atoms with Gasteiger partial charge in [0, 0.05) is 19.8 Å². The third-order valence-electron chi connectivity index (χ3n) is 1.93. The molecule has 0 atom stereocenters. The van der Waals surface area contributed by atoms with E-state index in [0.717, 1.165) is 25.0 Å². The molecule has 0 saturated heterocycles. The van der Waals surface area contributed by atoms with Crippen LogP contribution in [0.5, 0.6) is 0 Å². The number of allylic oxidation sites excluding steroid dienone is 2. The molecule has 11 heavy (non-hydrogen) atoms. The third-order valence-corrected chi connectivity index (χ3v) is 1.93. The van der Waals surface area contributed by atoms with E-state index in [1.807, 2.05) is 19.0 Å². The van der Waals surface area contributed by atoms with Crippen molar-refractivity contribution in [3.8, 4) is 0 Å². The first kappa shape index (κ1) is 10.9. The third kappa shape index (κ3) is 2.81. The first-order valence-electron chi connectivity index (χ1n) is 3.78. The Morgan fingerprint density at radius 3 is 2.09 bits per heavy atom. The molecule has 0 spiro atoms. The van der Waals surface area contributed by atoms with Crippen LogP contribution in [0.15, 0.2) is 11.5 Å². The largest absolute Gasteiger partial charge is 1.00 e. The summed E-state index contributed by atoms with van der Waals surface area (Å²) in [5.74, 6) is 0.344. The number of hydrogen-bond donors (Lipinski definition) is 0. The minimum Gasteiger partial charge on any atom is -0.874 e. The van der Waals surface area contributed by atoms with E-state index in [9.17, 15) is 5.11 Å². The Labute approximate surface area is 80.5 Å². The summed E-state index contributed by atoms with van der Waals surface area (Å²) in [5, 5.41) is 11.2. The predicted molar refractivity (Wildman–Crippen MR) is 39.2 cm³/mol. The molecule has 1 rings (SSSR count). The van der Waals surface area contributed by atoms with Gasteiger partial charge >= 0.3 is 18.9 Å². The molecule has 0 amide bonds. The molecule has 0 aromatic carbocycles. The first-order chi connectivity index (χ1) is 4.72. The molecule has 58 valence electrons. The van der Waals surface area contributed by atoms with Crippen molar-refractivity contribution in [1.29, 1.82) is 0 Å². The fourth-order valence-corrected chi connectivity index (χ4v) is 1.33. The topological polar surface area (TPSA) is 26.3 Å². The summed E-state index contributed by atoms with van der Waals surface area (Å²) in [6.45, 7) is 0. The molecule has 0 aromatic heterocycles. The van der Waals surface area contributed by atoms with Crippen molar-refractivity contribution >= 4 is 0 Å². The van der Waals surface area contributed by atoms with Gasteiger partial charge in [0.15, 0.2) is 0 Å². The van der Waals surface area contributed by atoms with Crippen LogP contribution in [0.1, 0.15) is 25.7 Å². The van der Waals surface area contributed by atoms with Crippen LogP contribution in [0.25, 0.3) is 0 Å². The quantitative estimate of drug-likeness (QED) is 0.390. The second-order valence-electron chi connectivity index (χ2n) is 2.97. The zero-order chi connectivity index (χ0) is 7.56. The average molecular weight is 147 g/mol. The van der Waals surface area contributed by atoms with Crippen LogP contribution in [0.3, 0.4) is 0 Å². The number of nitrogens with zero attached hydrogens (tertiary/aromatic N) is 1. The summed E-state index contributed by atoms with van der Waals surface area (Å²) in [5.41, 5.74) is 1.01. The second-order valence-corrected chi connectivity index (χ2v) is 2.97. The van der Waals surface area contributed by atoms with Crippen molar-refractivity contribution < 1.29 is 24.0 Å². The van der Waals surface area contributed by atoms with Crippen LogP contribution in [-0.4, -0.2) is 19.0 Å². The summed E-state index contributed by atoms with van der Waals surface area (Å²) in [7, 11) is 3.89. The van der Waals surface area contributed by atoms with Gasteiger partial charge in [-0.05, 0) is 25.7 Å². The van der Waals surface area contributed by atoms with Crippen molar-refractivity contribution in [2.24, 2.45) is 0 Å². The molecule has 0 bridgehead atoms. The summed E-state index contributed by atoms with van der Waals surface area (Å²) in [4.78, 5) is 1.95. The van der Waals surface area contributed by atoms with Crippen LogP contribution in [0, 0.1) is 0 Å². The zero-order valence-electron chi connectivity index (χ0n) is 7.68. The van der Waals surface area contributed by atoms with Crippen LogP contribution in [0.4, 0.5) is 0 Å². The molecule has 0 radical (unpaired) electrons. The monoisotopic (exact) mass is 147 g/mol. The van der Waals surface area contributed by atoms with E-state index in [1.165, 1.54) is 6.42 Å². The normalized spacial score (nSPS) is 17.6. The van der Waals surface area contributed by atoms with E-state index in [1.54, 1.807) is 0 Å². The fraction of sp³-hybridized carbons (Fsp3) is 0.750. The minimum absolute atomic E-state index is 0. The predicted octanol–water partition coefficient (Wildman–Crippen LogP) is -2.30. The SMILES string of the molecule is CN(C)C1=C([O-])CCCC1.[Li+]. The maximum absolute atomic E-state index is 11.2. The molecular weight excluding hydrogens is 133 g/mol. The molecule has 0 unspecified atom stereocenters. The molecule has 0 heterocycles. The van der Waals surface area contributed by atoms with Crippen LogP contribution < -0.4 is 24.0 Å². The Bertz CT molecular complexity index is 154. The average Bonchev–Trinajstić information content (AvgIpc) is 1.88. The Morgan fingerprint density at radius 1 is 1.18 bits per heavy atom. The second kappa shape index (κ2) is 4.74. The Balaban J connectivity index is 0.000001000. The maximum Gasteiger partial charge on any atom is 1.00 e. The Morgan fingerprint density at radius 2 is 1.73 bits per heavy atom. The standard InChI is InChI=1S/C8H15NO.Li/c1-9(2)7-5-3-4-6-8(7)10;/h10H,3-6H2,1-2H3;/q;+1/p-1. The minimum atomic E-state index is 0. The van der Waals surface area contributed by atoms with E-state index in [2.05, 4.69) is 0 Å². The van der Waals surface area contributed by atoms with Gasteiger partial charge in [-0.2, -0.15) is 0 Å². The van der Waals surface area contributed by atoms with E-state index in [4.69, 9.17) is 0 Å². The van der Waals surface area contributed by atoms with E-state index in [-0.39, 0.29) is 18.9 Å². The van der Waals surface area contributed by atoms with Gasteiger partial charge in [-0.25, -0.2) is 0 Å². The summed E-state index contributed by atoms with van der Waals surface area (Å²) < 4.78 is 0. The molecule has 0 fully saturated rings. The molecule has 2 nitrogen and oxygen atoms in total. The summed E-state index contributed by atoms with van der Waals surface area (Å²) >= 11 is 0. The smallest absolute Gasteiger partial charge is 0.874 e. The van der Waals surface area contributed by atoms with Crippen LogP contribution >= 0.6 is 0 Å². The maximum atomic E-state index is 11.2. The number of rotatable bonds is 1.